The molecule has 1 N–H and O–H groups in total. The van der Waals surface area contributed by atoms with Crippen molar-refractivity contribution in [2.45, 2.75) is 51.6 Å². The van der Waals surface area contributed by atoms with Gasteiger partial charge in [-0.2, -0.15) is 5.10 Å². The molecule has 106 valence electrons. The lowest BCUT2D eigenvalue weighted by atomic mass is 9.99. The first-order valence-electron chi connectivity index (χ1n) is 7.71. The summed E-state index contributed by atoms with van der Waals surface area (Å²) in [6.45, 7) is 6.69. The molecule has 2 heterocycles. The van der Waals surface area contributed by atoms with Gasteiger partial charge < -0.3 is 10.1 Å². The lowest BCUT2D eigenvalue weighted by Gasteiger charge is -2.21. The molecule has 1 fully saturated rings. The monoisotopic (exact) mass is 263 g/mol. The van der Waals surface area contributed by atoms with E-state index in [0.717, 1.165) is 38.8 Å². The first-order valence-corrected chi connectivity index (χ1v) is 7.71. The Morgan fingerprint density at radius 1 is 1.42 bits per heavy atom. The van der Waals surface area contributed by atoms with Gasteiger partial charge >= 0.3 is 0 Å². The highest BCUT2D eigenvalue weighted by Crippen LogP contribution is 2.28. The van der Waals surface area contributed by atoms with E-state index in [9.17, 15) is 0 Å². The summed E-state index contributed by atoms with van der Waals surface area (Å²) in [6.07, 6.45) is 7.81. The van der Waals surface area contributed by atoms with Gasteiger partial charge in [0.1, 0.15) is 0 Å². The van der Waals surface area contributed by atoms with Crippen LogP contribution in [0.5, 0.6) is 0 Å². The van der Waals surface area contributed by atoms with Gasteiger partial charge in [-0.3, -0.25) is 4.68 Å². The fraction of sp³-hybridized carbons (Fsp3) is 0.800. The molecule has 4 heteroatoms. The van der Waals surface area contributed by atoms with Crippen molar-refractivity contribution >= 4 is 0 Å². The molecule has 2 aliphatic rings. The summed E-state index contributed by atoms with van der Waals surface area (Å²) < 4.78 is 7.77. The van der Waals surface area contributed by atoms with E-state index in [1.165, 1.54) is 36.9 Å². The minimum absolute atomic E-state index is 0.425. The number of nitrogens with one attached hydrogen (secondary N) is 1. The molecule has 1 aliphatic heterocycles. The third-order valence-electron chi connectivity index (χ3n) is 4.41. The summed E-state index contributed by atoms with van der Waals surface area (Å²) in [5.41, 5.74) is 2.64. The number of hydrogen-bond acceptors (Lipinski definition) is 3. The zero-order chi connectivity index (χ0) is 13.1. The van der Waals surface area contributed by atoms with E-state index in [4.69, 9.17) is 9.84 Å². The van der Waals surface area contributed by atoms with E-state index < -0.39 is 0 Å². The molecule has 0 spiro atoms. The zero-order valence-corrected chi connectivity index (χ0v) is 11.9. The smallest absolute Gasteiger partial charge is 0.0736 e. The van der Waals surface area contributed by atoms with Gasteiger partial charge in [0, 0.05) is 43.9 Å². The van der Waals surface area contributed by atoms with Gasteiger partial charge in [0.05, 0.1) is 12.3 Å². The number of hydrogen-bond donors (Lipinski definition) is 1. The number of fused-ring (bicyclic) bond motifs is 1. The Hall–Kier alpha value is -0.870. The lowest BCUT2D eigenvalue weighted by Crippen LogP contribution is -2.30. The average molecular weight is 263 g/mol. The summed E-state index contributed by atoms with van der Waals surface area (Å²) in [5.74, 6) is 1.27. The Morgan fingerprint density at radius 3 is 3.05 bits per heavy atom. The minimum atomic E-state index is 0.425. The first kappa shape index (κ1) is 13.1. The minimum Gasteiger partial charge on any atom is -0.381 e. The Bertz CT molecular complexity index is 410. The van der Waals surface area contributed by atoms with Crippen LogP contribution >= 0.6 is 0 Å². The number of rotatable bonds is 5. The molecule has 0 aromatic carbocycles. The summed E-state index contributed by atoms with van der Waals surface area (Å²) in [7, 11) is 0. The van der Waals surface area contributed by atoms with Crippen LogP contribution in [0.2, 0.25) is 0 Å². The maximum Gasteiger partial charge on any atom is 0.0736 e. The molecule has 4 nitrogen and oxygen atoms in total. The van der Waals surface area contributed by atoms with E-state index in [1.807, 2.05) is 0 Å². The Kier molecular flexibility index (Phi) is 4.18. The molecule has 0 radical (unpaired) electrons. The Balaban J connectivity index is 1.69. The number of nitrogens with zero attached hydrogens (tertiary/aromatic N) is 2. The van der Waals surface area contributed by atoms with Crippen LogP contribution in [0, 0.1) is 5.92 Å². The Morgan fingerprint density at radius 2 is 2.26 bits per heavy atom. The predicted molar refractivity (Wildman–Crippen MR) is 75.1 cm³/mol. The fourth-order valence-corrected chi connectivity index (χ4v) is 3.38. The van der Waals surface area contributed by atoms with Gasteiger partial charge in [0.25, 0.3) is 0 Å². The van der Waals surface area contributed by atoms with Crippen molar-refractivity contribution in [2.24, 2.45) is 5.92 Å². The molecular formula is C15H25N3O. The second kappa shape index (κ2) is 6.06. The van der Waals surface area contributed by atoms with Gasteiger partial charge in [0.2, 0.25) is 0 Å². The van der Waals surface area contributed by atoms with Crippen molar-refractivity contribution in [1.82, 2.24) is 15.1 Å². The second-order valence-corrected chi connectivity index (χ2v) is 5.90. The van der Waals surface area contributed by atoms with Gasteiger partial charge in [-0.05, 0) is 25.7 Å². The van der Waals surface area contributed by atoms with Crippen LogP contribution in [0.25, 0.3) is 0 Å². The number of ether oxygens (including phenoxy) is 1. The zero-order valence-electron chi connectivity index (χ0n) is 11.9. The molecule has 3 rings (SSSR count). The van der Waals surface area contributed by atoms with E-state index in [1.54, 1.807) is 0 Å². The van der Waals surface area contributed by atoms with Crippen LogP contribution < -0.4 is 5.32 Å². The van der Waals surface area contributed by atoms with Crippen LogP contribution in [0.15, 0.2) is 6.20 Å². The highest BCUT2D eigenvalue weighted by Gasteiger charge is 2.24. The van der Waals surface area contributed by atoms with Gasteiger partial charge in [0.15, 0.2) is 0 Å². The van der Waals surface area contributed by atoms with Crippen LogP contribution in [0.4, 0.5) is 0 Å². The largest absolute Gasteiger partial charge is 0.381 e. The van der Waals surface area contributed by atoms with E-state index in [0.29, 0.717) is 5.92 Å². The molecule has 1 saturated carbocycles. The normalized spacial score (nSPS) is 23.7. The molecule has 1 unspecified atom stereocenters. The van der Waals surface area contributed by atoms with Crippen molar-refractivity contribution in [1.29, 1.82) is 0 Å². The quantitative estimate of drug-likeness (QED) is 0.886. The summed E-state index contributed by atoms with van der Waals surface area (Å²) >= 11 is 0. The van der Waals surface area contributed by atoms with Gasteiger partial charge in [-0.15, -0.1) is 0 Å². The molecule has 0 amide bonds. The molecule has 19 heavy (non-hydrogen) atoms. The molecule has 1 aliphatic carbocycles. The van der Waals surface area contributed by atoms with E-state index >= 15 is 0 Å². The van der Waals surface area contributed by atoms with Crippen molar-refractivity contribution in [2.75, 3.05) is 19.8 Å². The average Bonchev–Trinajstić information content (AvgIpc) is 3.05. The predicted octanol–water partition coefficient (Wildman–Crippen LogP) is 2.30. The third kappa shape index (κ3) is 3.00. The Labute approximate surface area is 115 Å². The van der Waals surface area contributed by atoms with E-state index in [-0.39, 0.29) is 0 Å². The summed E-state index contributed by atoms with van der Waals surface area (Å²) in [5, 5.41) is 8.32. The maximum absolute atomic E-state index is 5.58. The van der Waals surface area contributed by atoms with Crippen LogP contribution in [0.1, 0.15) is 49.8 Å². The fourth-order valence-electron chi connectivity index (χ4n) is 3.38. The SMILES string of the molecule is CCOCC1CNCc2cn(CC3CCCC3)nc21. The molecular weight excluding hydrogens is 238 g/mol. The van der Waals surface area contributed by atoms with Crippen LogP contribution in [0.3, 0.4) is 0 Å². The lowest BCUT2D eigenvalue weighted by molar-refractivity contribution is 0.128. The third-order valence-corrected chi connectivity index (χ3v) is 4.41. The first-order chi connectivity index (χ1) is 9.36. The second-order valence-electron chi connectivity index (χ2n) is 5.90. The van der Waals surface area contributed by atoms with Crippen LogP contribution in [-0.2, 0) is 17.8 Å². The summed E-state index contributed by atoms with van der Waals surface area (Å²) in [4.78, 5) is 0. The summed E-state index contributed by atoms with van der Waals surface area (Å²) in [6, 6.07) is 0. The van der Waals surface area contributed by atoms with Crippen molar-refractivity contribution < 1.29 is 4.74 Å². The van der Waals surface area contributed by atoms with Gasteiger partial charge in [-0.1, -0.05) is 12.8 Å². The molecule has 0 bridgehead atoms. The maximum atomic E-state index is 5.58. The molecule has 1 aromatic heterocycles. The number of aromatic nitrogens is 2. The van der Waals surface area contributed by atoms with E-state index in [2.05, 4.69) is 23.1 Å². The van der Waals surface area contributed by atoms with Crippen molar-refractivity contribution in [3.05, 3.63) is 17.5 Å². The molecule has 1 aromatic rings. The van der Waals surface area contributed by atoms with Gasteiger partial charge in [-0.25, -0.2) is 0 Å². The highest BCUT2D eigenvalue weighted by atomic mass is 16.5. The van der Waals surface area contributed by atoms with Crippen molar-refractivity contribution in [3.8, 4) is 0 Å². The van der Waals surface area contributed by atoms with Crippen molar-refractivity contribution in [3.63, 3.8) is 0 Å². The standard InChI is InChI=1S/C15H25N3O/c1-2-19-11-14-8-16-7-13-10-18(17-15(13)14)9-12-5-3-4-6-12/h10,12,14,16H,2-9,11H2,1H3. The molecule has 0 saturated heterocycles. The van der Waals surface area contributed by atoms with Crippen LogP contribution in [-0.4, -0.2) is 29.5 Å². The topological polar surface area (TPSA) is 39.1 Å². The highest BCUT2D eigenvalue weighted by molar-refractivity contribution is 5.24. The molecule has 1 atom stereocenters.